The van der Waals surface area contributed by atoms with Gasteiger partial charge in [0.1, 0.15) is 5.60 Å². The van der Waals surface area contributed by atoms with Gasteiger partial charge < -0.3 is 9.64 Å². The lowest BCUT2D eigenvalue weighted by molar-refractivity contribution is -0.000874. The second-order valence-corrected chi connectivity index (χ2v) is 4.66. The van der Waals surface area contributed by atoms with Crippen LogP contribution >= 0.6 is 12.6 Å². The van der Waals surface area contributed by atoms with Crippen molar-refractivity contribution >= 4 is 18.7 Å². The van der Waals surface area contributed by atoms with E-state index in [-0.39, 0.29) is 12.1 Å². The Morgan fingerprint density at radius 2 is 2.23 bits per heavy atom. The number of hydrogen-bond donors (Lipinski definition) is 1. The van der Waals surface area contributed by atoms with E-state index in [1.807, 2.05) is 20.8 Å². The molecule has 1 atom stereocenters. The van der Waals surface area contributed by atoms with Gasteiger partial charge in [0.15, 0.2) is 0 Å². The van der Waals surface area contributed by atoms with Crippen LogP contribution in [0.4, 0.5) is 4.79 Å². The van der Waals surface area contributed by atoms with E-state index in [9.17, 15) is 4.79 Å². The molecular weight excluding hydrogens is 186 g/mol. The first kappa shape index (κ1) is 10.7. The van der Waals surface area contributed by atoms with Gasteiger partial charge in [-0.25, -0.2) is 4.79 Å². The average Bonchev–Trinajstić information content (AvgIpc) is 1.80. The summed E-state index contributed by atoms with van der Waals surface area (Å²) in [5.74, 6) is 0.721. The first-order chi connectivity index (χ1) is 5.94. The highest BCUT2D eigenvalue weighted by Gasteiger charge is 2.33. The highest BCUT2D eigenvalue weighted by Crippen LogP contribution is 2.21. The molecule has 0 N–H and O–H groups in total. The first-order valence-electron chi connectivity index (χ1n) is 4.54. The van der Waals surface area contributed by atoms with Crippen LogP contribution in [0, 0.1) is 0 Å². The average molecular weight is 203 g/mol. The van der Waals surface area contributed by atoms with Crippen molar-refractivity contribution in [3.8, 4) is 0 Å². The molecule has 0 spiro atoms. The summed E-state index contributed by atoms with van der Waals surface area (Å²) >= 11 is 4.16. The standard InChI is InChI=1S/C9H17NO2S/c1-9(2,3)12-8(11)10-5-4-7(10)6-13/h7,13H,4-6H2,1-3H3. The van der Waals surface area contributed by atoms with Gasteiger partial charge in [-0.2, -0.15) is 12.6 Å². The van der Waals surface area contributed by atoms with E-state index < -0.39 is 5.60 Å². The predicted octanol–water partition coefficient (Wildman–Crippen LogP) is 1.93. The summed E-state index contributed by atoms with van der Waals surface area (Å²) in [6.45, 7) is 6.43. The SMILES string of the molecule is CC(C)(C)OC(=O)N1CCC1CS. The third-order valence-corrected chi connectivity index (χ3v) is 2.40. The summed E-state index contributed by atoms with van der Waals surface area (Å²) in [4.78, 5) is 13.2. The highest BCUT2D eigenvalue weighted by molar-refractivity contribution is 7.80. The van der Waals surface area contributed by atoms with Crippen molar-refractivity contribution in [2.45, 2.75) is 38.8 Å². The Balaban J connectivity index is 2.40. The van der Waals surface area contributed by atoms with Crippen LogP contribution in [0.15, 0.2) is 0 Å². The molecule has 0 aliphatic carbocycles. The Morgan fingerprint density at radius 1 is 1.62 bits per heavy atom. The topological polar surface area (TPSA) is 29.5 Å². The van der Waals surface area contributed by atoms with Crippen molar-refractivity contribution < 1.29 is 9.53 Å². The number of likely N-dealkylation sites (tertiary alicyclic amines) is 1. The Hall–Kier alpha value is -0.380. The number of thiol groups is 1. The number of ether oxygens (including phenoxy) is 1. The fourth-order valence-corrected chi connectivity index (χ4v) is 1.57. The van der Waals surface area contributed by atoms with Gasteiger partial charge in [-0.1, -0.05) is 0 Å². The molecule has 1 aliphatic rings. The molecule has 0 aromatic rings. The lowest BCUT2D eigenvalue weighted by Crippen LogP contribution is -2.53. The number of hydrogen-bond acceptors (Lipinski definition) is 3. The molecule has 1 fully saturated rings. The summed E-state index contributed by atoms with van der Waals surface area (Å²) in [5, 5.41) is 0. The fraction of sp³-hybridized carbons (Fsp3) is 0.889. The number of carbonyl (C=O) groups excluding carboxylic acids is 1. The van der Waals surface area contributed by atoms with Gasteiger partial charge in [-0.05, 0) is 27.2 Å². The maximum Gasteiger partial charge on any atom is 0.410 e. The Morgan fingerprint density at radius 3 is 2.54 bits per heavy atom. The molecule has 0 bridgehead atoms. The second kappa shape index (κ2) is 3.78. The van der Waals surface area contributed by atoms with E-state index in [2.05, 4.69) is 12.6 Å². The molecule has 1 aliphatic heterocycles. The van der Waals surface area contributed by atoms with E-state index in [1.165, 1.54) is 0 Å². The zero-order chi connectivity index (χ0) is 10.1. The molecule has 3 nitrogen and oxygen atoms in total. The normalized spacial score (nSPS) is 22.5. The quantitative estimate of drug-likeness (QED) is 0.660. The van der Waals surface area contributed by atoms with Crippen LogP contribution in [-0.4, -0.2) is 34.9 Å². The summed E-state index contributed by atoms with van der Waals surface area (Å²) in [7, 11) is 0. The number of carbonyl (C=O) groups is 1. The molecule has 76 valence electrons. The molecule has 1 heterocycles. The first-order valence-corrected chi connectivity index (χ1v) is 5.18. The van der Waals surface area contributed by atoms with Crippen molar-refractivity contribution in [1.29, 1.82) is 0 Å². The van der Waals surface area contributed by atoms with Crippen LogP contribution < -0.4 is 0 Å². The third-order valence-electron chi connectivity index (χ3n) is 1.98. The Labute approximate surface area is 84.8 Å². The van der Waals surface area contributed by atoms with E-state index in [0.717, 1.165) is 18.7 Å². The molecule has 1 amide bonds. The Bertz CT molecular complexity index is 198. The van der Waals surface area contributed by atoms with Gasteiger partial charge in [0.05, 0.1) is 0 Å². The molecule has 4 heteroatoms. The third kappa shape index (κ3) is 2.79. The van der Waals surface area contributed by atoms with Gasteiger partial charge in [0, 0.05) is 18.3 Å². The zero-order valence-corrected chi connectivity index (χ0v) is 9.30. The maximum atomic E-state index is 11.5. The lowest BCUT2D eigenvalue weighted by atomic mass is 10.1. The molecular formula is C9H17NO2S. The minimum absolute atomic E-state index is 0.210. The number of rotatable bonds is 1. The fourth-order valence-electron chi connectivity index (χ4n) is 1.19. The van der Waals surface area contributed by atoms with Crippen molar-refractivity contribution in [1.82, 2.24) is 4.90 Å². The van der Waals surface area contributed by atoms with Crippen molar-refractivity contribution in [2.75, 3.05) is 12.3 Å². The molecule has 13 heavy (non-hydrogen) atoms. The zero-order valence-electron chi connectivity index (χ0n) is 8.41. The van der Waals surface area contributed by atoms with Gasteiger partial charge in [0.2, 0.25) is 0 Å². The minimum atomic E-state index is -0.395. The van der Waals surface area contributed by atoms with Crippen molar-refractivity contribution in [3.05, 3.63) is 0 Å². The van der Waals surface area contributed by atoms with E-state index in [4.69, 9.17) is 4.74 Å². The largest absolute Gasteiger partial charge is 0.444 e. The van der Waals surface area contributed by atoms with E-state index in [0.29, 0.717) is 0 Å². The molecule has 1 saturated heterocycles. The molecule has 0 aromatic carbocycles. The van der Waals surface area contributed by atoms with Crippen LogP contribution in [0.1, 0.15) is 27.2 Å². The summed E-state index contributed by atoms with van der Waals surface area (Å²) < 4.78 is 5.23. The molecule has 0 radical (unpaired) electrons. The van der Waals surface area contributed by atoms with Crippen LogP contribution in [-0.2, 0) is 4.74 Å². The Kier molecular flexibility index (Phi) is 3.11. The van der Waals surface area contributed by atoms with Crippen LogP contribution in [0.2, 0.25) is 0 Å². The van der Waals surface area contributed by atoms with Crippen LogP contribution in [0.5, 0.6) is 0 Å². The van der Waals surface area contributed by atoms with Crippen LogP contribution in [0.3, 0.4) is 0 Å². The highest BCUT2D eigenvalue weighted by atomic mass is 32.1. The summed E-state index contributed by atoms with van der Waals surface area (Å²) in [5.41, 5.74) is -0.395. The van der Waals surface area contributed by atoms with Gasteiger partial charge >= 0.3 is 6.09 Å². The maximum absolute atomic E-state index is 11.5. The van der Waals surface area contributed by atoms with Gasteiger partial charge in [0.25, 0.3) is 0 Å². The minimum Gasteiger partial charge on any atom is -0.444 e. The second-order valence-electron chi connectivity index (χ2n) is 4.30. The predicted molar refractivity (Wildman–Crippen MR) is 55.2 cm³/mol. The monoisotopic (exact) mass is 203 g/mol. The summed E-state index contributed by atoms with van der Waals surface area (Å²) in [6, 6.07) is 0.276. The molecule has 1 rings (SSSR count). The van der Waals surface area contributed by atoms with Gasteiger partial charge in [-0.3, -0.25) is 0 Å². The number of amides is 1. The molecule has 0 aromatic heterocycles. The lowest BCUT2D eigenvalue weighted by Gasteiger charge is -2.40. The number of nitrogens with zero attached hydrogens (tertiary/aromatic N) is 1. The van der Waals surface area contributed by atoms with E-state index in [1.54, 1.807) is 4.90 Å². The van der Waals surface area contributed by atoms with Crippen LogP contribution in [0.25, 0.3) is 0 Å². The van der Waals surface area contributed by atoms with Crippen molar-refractivity contribution in [2.24, 2.45) is 0 Å². The smallest absolute Gasteiger partial charge is 0.410 e. The molecule has 0 saturated carbocycles. The van der Waals surface area contributed by atoms with E-state index >= 15 is 0 Å². The summed E-state index contributed by atoms with van der Waals surface area (Å²) in [6.07, 6.45) is 0.834. The van der Waals surface area contributed by atoms with Crippen molar-refractivity contribution in [3.63, 3.8) is 0 Å². The molecule has 1 unspecified atom stereocenters. The van der Waals surface area contributed by atoms with Gasteiger partial charge in [-0.15, -0.1) is 0 Å².